The van der Waals surface area contributed by atoms with Gasteiger partial charge in [0.25, 0.3) is 0 Å². The Kier molecular flexibility index (Phi) is 3.36. The van der Waals surface area contributed by atoms with Crippen LogP contribution in [0.2, 0.25) is 0 Å². The van der Waals surface area contributed by atoms with E-state index in [1.165, 1.54) is 7.11 Å². The highest BCUT2D eigenvalue weighted by Gasteiger charge is 2.11. The number of aldehydes is 1. The van der Waals surface area contributed by atoms with Crippen LogP contribution in [-0.2, 0) is 0 Å². The number of hydrogen-bond donors (Lipinski definition) is 1. The minimum absolute atomic E-state index is 0.332. The molecule has 0 saturated heterocycles. The summed E-state index contributed by atoms with van der Waals surface area (Å²) >= 11 is 0. The second-order valence-electron chi connectivity index (χ2n) is 2.70. The van der Waals surface area contributed by atoms with Crippen molar-refractivity contribution in [2.75, 3.05) is 7.11 Å². The van der Waals surface area contributed by atoms with E-state index < -0.39 is 6.04 Å². The molecule has 0 aliphatic heterocycles. The third kappa shape index (κ3) is 1.97. The summed E-state index contributed by atoms with van der Waals surface area (Å²) in [5.74, 6) is 0.558. The molecule has 0 unspecified atom stereocenters. The SMILES string of the molecule is C=C[C@H](N)c1nc(C=O)ccc1OC. The van der Waals surface area contributed by atoms with Gasteiger partial charge in [0.2, 0.25) is 0 Å². The third-order valence-corrected chi connectivity index (χ3v) is 1.82. The zero-order valence-corrected chi connectivity index (χ0v) is 7.93. The third-order valence-electron chi connectivity index (χ3n) is 1.82. The number of methoxy groups -OCH3 is 1. The molecule has 0 aromatic carbocycles. The first kappa shape index (κ1) is 10.4. The predicted molar refractivity (Wildman–Crippen MR) is 53.3 cm³/mol. The van der Waals surface area contributed by atoms with Gasteiger partial charge in [-0.2, -0.15) is 0 Å². The van der Waals surface area contributed by atoms with Crippen LogP contribution in [0.3, 0.4) is 0 Å². The largest absolute Gasteiger partial charge is 0.495 e. The lowest BCUT2D eigenvalue weighted by Crippen LogP contribution is -2.11. The first-order valence-corrected chi connectivity index (χ1v) is 4.11. The van der Waals surface area contributed by atoms with Crippen LogP contribution in [0, 0.1) is 0 Å². The van der Waals surface area contributed by atoms with Crippen molar-refractivity contribution >= 4 is 6.29 Å². The molecule has 1 aromatic heterocycles. The molecule has 1 heterocycles. The number of aromatic nitrogens is 1. The molecule has 0 spiro atoms. The smallest absolute Gasteiger partial charge is 0.168 e. The van der Waals surface area contributed by atoms with Gasteiger partial charge in [-0.15, -0.1) is 6.58 Å². The lowest BCUT2D eigenvalue weighted by molar-refractivity contribution is 0.111. The van der Waals surface area contributed by atoms with Crippen molar-refractivity contribution in [3.8, 4) is 5.75 Å². The van der Waals surface area contributed by atoms with Gasteiger partial charge in [0.1, 0.15) is 17.1 Å². The summed E-state index contributed by atoms with van der Waals surface area (Å²) in [6.45, 7) is 3.56. The molecule has 4 heteroatoms. The number of hydrogen-bond acceptors (Lipinski definition) is 4. The quantitative estimate of drug-likeness (QED) is 0.572. The molecule has 0 aliphatic carbocycles. The molecule has 14 heavy (non-hydrogen) atoms. The van der Waals surface area contributed by atoms with E-state index in [1.54, 1.807) is 18.2 Å². The van der Waals surface area contributed by atoms with Gasteiger partial charge in [-0.25, -0.2) is 4.98 Å². The summed E-state index contributed by atoms with van der Waals surface area (Å²) in [6, 6.07) is 2.81. The first-order valence-electron chi connectivity index (χ1n) is 4.11. The van der Waals surface area contributed by atoms with Gasteiger partial charge in [0.15, 0.2) is 6.29 Å². The number of carbonyl (C=O) groups excluding carboxylic acids is 1. The molecule has 74 valence electrons. The fraction of sp³-hybridized carbons (Fsp3) is 0.200. The highest BCUT2D eigenvalue weighted by atomic mass is 16.5. The lowest BCUT2D eigenvalue weighted by atomic mass is 10.1. The number of rotatable bonds is 4. The van der Waals surface area contributed by atoms with Crippen molar-refractivity contribution < 1.29 is 9.53 Å². The van der Waals surface area contributed by atoms with Crippen molar-refractivity contribution in [3.63, 3.8) is 0 Å². The Morgan fingerprint density at radius 3 is 2.86 bits per heavy atom. The summed E-state index contributed by atoms with van der Waals surface area (Å²) < 4.78 is 5.06. The van der Waals surface area contributed by atoms with Crippen LogP contribution in [0.25, 0.3) is 0 Å². The topological polar surface area (TPSA) is 65.2 Å². The first-order chi connectivity index (χ1) is 6.72. The fourth-order valence-electron chi connectivity index (χ4n) is 1.07. The van der Waals surface area contributed by atoms with Gasteiger partial charge in [-0.1, -0.05) is 6.08 Å². The van der Waals surface area contributed by atoms with E-state index in [0.717, 1.165) is 0 Å². The molecule has 4 nitrogen and oxygen atoms in total. The number of carbonyl (C=O) groups is 1. The Balaban J connectivity index is 3.20. The van der Waals surface area contributed by atoms with E-state index >= 15 is 0 Å². The summed E-state index contributed by atoms with van der Waals surface area (Å²) in [5.41, 5.74) is 6.57. The predicted octanol–water partition coefficient (Wildman–Crippen LogP) is 1.09. The number of nitrogens with zero attached hydrogens (tertiary/aromatic N) is 1. The van der Waals surface area contributed by atoms with Crippen LogP contribution in [0.1, 0.15) is 22.2 Å². The Bertz CT molecular complexity index is 350. The van der Waals surface area contributed by atoms with E-state index in [1.807, 2.05) is 0 Å². The highest BCUT2D eigenvalue weighted by Crippen LogP contribution is 2.21. The van der Waals surface area contributed by atoms with Gasteiger partial charge >= 0.3 is 0 Å². The molecule has 1 aromatic rings. The molecule has 0 amide bonds. The average Bonchev–Trinajstić information content (AvgIpc) is 2.27. The van der Waals surface area contributed by atoms with Crippen molar-refractivity contribution in [1.82, 2.24) is 4.98 Å². The van der Waals surface area contributed by atoms with Crippen molar-refractivity contribution in [2.24, 2.45) is 5.73 Å². The maximum absolute atomic E-state index is 10.5. The fourth-order valence-corrected chi connectivity index (χ4v) is 1.07. The van der Waals surface area contributed by atoms with Crippen molar-refractivity contribution in [3.05, 3.63) is 36.2 Å². The van der Waals surface area contributed by atoms with E-state index in [4.69, 9.17) is 10.5 Å². The second-order valence-corrected chi connectivity index (χ2v) is 2.70. The normalized spacial score (nSPS) is 11.9. The monoisotopic (exact) mass is 192 g/mol. The van der Waals surface area contributed by atoms with Crippen molar-refractivity contribution in [1.29, 1.82) is 0 Å². The van der Waals surface area contributed by atoms with Gasteiger partial charge in [0, 0.05) is 0 Å². The Morgan fingerprint density at radius 2 is 2.36 bits per heavy atom. The maximum Gasteiger partial charge on any atom is 0.168 e. The van der Waals surface area contributed by atoms with E-state index in [0.29, 0.717) is 23.4 Å². The number of pyridine rings is 1. The number of nitrogens with two attached hydrogens (primary N) is 1. The molecule has 1 atom stereocenters. The van der Waals surface area contributed by atoms with Gasteiger partial charge in [-0.05, 0) is 12.1 Å². The van der Waals surface area contributed by atoms with Gasteiger partial charge in [0.05, 0.1) is 13.2 Å². The Morgan fingerprint density at radius 1 is 1.64 bits per heavy atom. The van der Waals surface area contributed by atoms with E-state index in [-0.39, 0.29) is 0 Å². The summed E-state index contributed by atoms with van der Waals surface area (Å²) in [6.07, 6.45) is 2.21. The average molecular weight is 192 g/mol. The molecule has 1 rings (SSSR count). The molecule has 0 saturated carbocycles. The maximum atomic E-state index is 10.5. The minimum Gasteiger partial charge on any atom is -0.495 e. The van der Waals surface area contributed by atoms with Crippen LogP contribution in [0.15, 0.2) is 24.8 Å². The van der Waals surface area contributed by atoms with Crippen LogP contribution in [0.4, 0.5) is 0 Å². The van der Waals surface area contributed by atoms with Gasteiger partial charge in [-0.3, -0.25) is 4.79 Å². The molecule has 0 fully saturated rings. The van der Waals surface area contributed by atoms with Crippen LogP contribution in [-0.4, -0.2) is 18.4 Å². The molecular formula is C10H12N2O2. The molecular weight excluding hydrogens is 180 g/mol. The standard InChI is InChI=1S/C10H12N2O2/c1-3-8(11)10-9(14-2)5-4-7(6-13)12-10/h3-6,8H,1,11H2,2H3/t8-/m0/s1. The van der Waals surface area contributed by atoms with Crippen LogP contribution in [0.5, 0.6) is 5.75 Å². The number of ether oxygens (including phenoxy) is 1. The van der Waals surface area contributed by atoms with Crippen molar-refractivity contribution in [2.45, 2.75) is 6.04 Å². The molecule has 2 N–H and O–H groups in total. The second kappa shape index (κ2) is 4.53. The zero-order valence-electron chi connectivity index (χ0n) is 7.93. The Hall–Kier alpha value is -1.68. The zero-order chi connectivity index (χ0) is 10.6. The highest BCUT2D eigenvalue weighted by molar-refractivity contribution is 5.72. The molecule has 0 aliphatic rings. The van der Waals surface area contributed by atoms with Crippen LogP contribution < -0.4 is 10.5 Å². The van der Waals surface area contributed by atoms with E-state index in [2.05, 4.69) is 11.6 Å². The minimum atomic E-state index is -0.426. The summed E-state index contributed by atoms with van der Waals surface area (Å²) in [5, 5.41) is 0. The summed E-state index contributed by atoms with van der Waals surface area (Å²) in [7, 11) is 1.52. The Labute approximate surface area is 82.4 Å². The lowest BCUT2D eigenvalue weighted by Gasteiger charge is -2.10. The molecule has 0 bridgehead atoms. The molecule has 0 radical (unpaired) electrons. The summed E-state index contributed by atoms with van der Waals surface area (Å²) in [4.78, 5) is 14.5. The van der Waals surface area contributed by atoms with Crippen LogP contribution >= 0.6 is 0 Å². The van der Waals surface area contributed by atoms with Gasteiger partial charge < -0.3 is 10.5 Å². The van der Waals surface area contributed by atoms with E-state index in [9.17, 15) is 4.79 Å².